The number of rotatable bonds is 3. The second-order valence-corrected chi connectivity index (χ2v) is 5.52. The lowest BCUT2D eigenvalue weighted by Crippen LogP contribution is -2.04. The van der Waals surface area contributed by atoms with Crippen molar-refractivity contribution in [1.82, 2.24) is 10.1 Å². The highest BCUT2D eigenvalue weighted by Gasteiger charge is 2.15. The average molecular weight is 367 g/mol. The summed E-state index contributed by atoms with van der Waals surface area (Å²) in [6.45, 7) is 0. The zero-order chi connectivity index (χ0) is 17.3. The van der Waals surface area contributed by atoms with Gasteiger partial charge in [0.05, 0.1) is 17.7 Å². The van der Waals surface area contributed by atoms with Crippen LogP contribution in [0.1, 0.15) is 10.4 Å². The van der Waals surface area contributed by atoms with Crippen molar-refractivity contribution in [2.24, 2.45) is 0 Å². The fraction of sp³-hybridized carbons (Fsp3) is 0.0625. The number of hydrogen-bond acceptors (Lipinski definition) is 5. The summed E-state index contributed by atoms with van der Waals surface area (Å²) >= 11 is 11.7. The number of ether oxygens (including phenoxy) is 1. The van der Waals surface area contributed by atoms with Crippen LogP contribution in [0.5, 0.6) is 0 Å². The molecule has 0 saturated carbocycles. The maximum absolute atomic E-state index is 14.0. The number of benzene rings is 1. The normalized spacial score (nSPS) is 10.7. The summed E-state index contributed by atoms with van der Waals surface area (Å²) in [7, 11) is 1.19. The molecule has 24 heavy (non-hydrogen) atoms. The van der Waals surface area contributed by atoms with Gasteiger partial charge in [-0.15, -0.1) is 0 Å². The maximum atomic E-state index is 14.0. The first-order valence-corrected chi connectivity index (χ1v) is 7.41. The van der Waals surface area contributed by atoms with Crippen molar-refractivity contribution in [3.8, 4) is 22.6 Å². The summed E-state index contributed by atoms with van der Waals surface area (Å²) in [5, 5.41) is 4.35. The number of carbonyl (C=O) groups excluding carboxylic acids is 1. The van der Waals surface area contributed by atoms with Crippen LogP contribution >= 0.6 is 23.2 Å². The first-order chi connectivity index (χ1) is 11.5. The lowest BCUT2D eigenvalue weighted by atomic mass is 10.1. The van der Waals surface area contributed by atoms with Gasteiger partial charge >= 0.3 is 5.97 Å². The minimum Gasteiger partial charge on any atom is -0.465 e. The van der Waals surface area contributed by atoms with Crippen LogP contribution in [0, 0.1) is 5.82 Å². The van der Waals surface area contributed by atoms with E-state index in [4.69, 9.17) is 27.7 Å². The smallest absolute Gasteiger partial charge is 0.340 e. The number of hydrogen-bond donors (Lipinski definition) is 0. The quantitative estimate of drug-likeness (QED) is 0.499. The Hall–Kier alpha value is -2.44. The Labute approximate surface area is 146 Å². The largest absolute Gasteiger partial charge is 0.465 e. The van der Waals surface area contributed by atoms with E-state index in [1.165, 1.54) is 25.4 Å². The van der Waals surface area contributed by atoms with Crippen LogP contribution in [0.3, 0.4) is 0 Å². The molecular weight excluding hydrogens is 358 g/mol. The highest BCUT2D eigenvalue weighted by molar-refractivity contribution is 6.41. The summed E-state index contributed by atoms with van der Waals surface area (Å²) in [4.78, 5) is 15.3. The molecule has 8 heteroatoms. The number of pyridine rings is 1. The molecule has 0 aliphatic rings. The second-order valence-electron chi connectivity index (χ2n) is 4.76. The van der Waals surface area contributed by atoms with Crippen molar-refractivity contribution >= 4 is 29.2 Å². The van der Waals surface area contributed by atoms with E-state index < -0.39 is 11.8 Å². The molecule has 0 aliphatic heterocycles. The van der Waals surface area contributed by atoms with E-state index in [2.05, 4.69) is 14.9 Å². The Morgan fingerprint density at radius 3 is 2.67 bits per heavy atom. The number of nitrogens with zero attached hydrogens (tertiary/aromatic N) is 2. The van der Waals surface area contributed by atoms with E-state index in [0.29, 0.717) is 22.6 Å². The molecule has 122 valence electrons. The standard InChI is InChI=1S/C16H9Cl2FN2O3/c1-23-16(22)10-3-2-8(5-12(10)19)13-6-14(24-21-13)9-4-11(17)15(18)20-7-9/h2-7H,1H3. The van der Waals surface area contributed by atoms with Crippen LogP contribution in [0.15, 0.2) is 41.1 Å². The molecule has 0 N–H and O–H groups in total. The number of aromatic nitrogens is 2. The third kappa shape index (κ3) is 3.11. The highest BCUT2D eigenvalue weighted by atomic mass is 35.5. The van der Waals surface area contributed by atoms with Crippen LogP contribution in [-0.4, -0.2) is 23.2 Å². The molecule has 0 aliphatic carbocycles. The molecule has 0 saturated heterocycles. The number of halogens is 3. The van der Waals surface area contributed by atoms with E-state index in [1.54, 1.807) is 18.2 Å². The summed E-state index contributed by atoms with van der Waals surface area (Å²) in [6.07, 6.45) is 1.49. The Kier molecular flexibility index (Phi) is 4.51. The van der Waals surface area contributed by atoms with Gasteiger partial charge in [-0.3, -0.25) is 0 Å². The van der Waals surface area contributed by atoms with E-state index >= 15 is 0 Å². The number of methoxy groups -OCH3 is 1. The molecule has 0 amide bonds. The first-order valence-electron chi connectivity index (χ1n) is 6.66. The topological polar surface area (TPSA) is 65.2 Å². The van der Waals surface area contributed by atoms with Crippen LogP contribution in [0.2, 0.25) is 10.2 Å². The summed E-state index contributed by atoms with van der Waals surface area (Å²) in [6, 6.07) is 7.24. The fourth-order valence-corrected chi connectivity index (χ4v) is 2.32. The summed E-state index contributed by atoms with van der Waals surface area (Å²) < 4.78 is 23.7. The average Bonchev–Trinajstić information content (AvgIpc) is 3.06. The minimum absolute atomic E-state index is 0.154. The Morgan fingerprint density at radius 2 is 2.00 bits per heavy atom. The first kappa shape index (κ1) is 16.4. The molecule has 0 fully saturated rings. The molecule has 2 heterocycles. The number of carbonyl (C=O) groups is 1. The highest BCUT2D eigenvalue weighted by Crippen LogP contribution is 2.30. The van der Waals surface area contributed by atoms with Gasteiger partial charge in [0, 0.05) is 23.4 Å². The Morgan fingerprint density at radius 1 is 1.21 bits per heavy atom. The van der Waals surface area contributed by atoms with E-state index in [1.807, 2.05) is 0 Å². The maximum Gasteiger partial charge on any atom is 0.340 e. The van der Waals surface area contributed by atoms with Gasteiger partial charge in [0.25, 0.3) is 0 Å². The van der Waals surface area contributed by atoms with E-state index in [9.17, 15) is 9.18 Å². The number of esters is 1. The Bertz CT molecular complexity index is 927. The summed E-state index contributed by atoms with van der Waals surface area (Å²) in [5.41, 5.74) is 1.27. The summed E-state index contributed by atoms with van der Waals surface area (Å²) in [5.74, 6) is -1.06. The molecule has 2 aromatic heterocycles. The molecule has 0 spiro atoms. The van der Waals surface area contributed by atoms with E-state index in [0.717, 1.165) is 0 Å². The monoisotopic (exact) mass is 366 g/mol. The van der Waals surface area contributed by atoms with Crippen LogP contribution < -0.4 is 0 Å². The molecule has 0 bridgehead atoms. The fourth-order valence-electron chi connectivity index (χ4n) is 2.05. The van der Waals surface area contributed by atoms with E-state index in [-0.39, 0.29) is 15.7 Å². The zero-order valence-corrected chi connectivity index (χ0v) is 13.7. The molecule has 0 radical (unpaired) electrons. The van der Waals surface area contributed by atoms with Gasteiger partial charge in [0.2, 0.25) is 0 Å². The van der Waals surface area contributed by atoms with Gasteiger partial charge in [0.1, 0.15) is 16.7 Å². The Balaban J connectivity index is 1.94. The van der Waals surface area contributed by atoms with Gasteiger partial charge in [0.15, 0.2) is 5.76 Å². The predicted octanol–water partition coefficient (Wildman–Crippen LogP) is 4.64. The molecular formula is C16H9Cl2FN2O3. The predicted molar refractivity (Wildman–Crippen MR) is 86.5 cm³/mol. The van der Waals surface area contributed by atoms with Crippen molar-refractivity contribution in [2.75, 3.05) is 7.11 Å². The van der Waals surface area contributed by atoms with Gasteiger partial charge in [-0.2, -0.15) is 0 Å². The van der Waals surface area contributed by atoms with Crippen LogP contribution in [-0.2, 0) is 4.74 Å². The third-order valence-corrected chi connectivity index (χ3v) is 3.95. The molecule has 0 unspecified atom stereocenters. The zero-order valence-electron chi connectivity index (χ0n) is 12.2. The van der Waals surface area contributed by atoms with Gasteiger partial charge in [-0.05, 0) is 18.2 Å². The van der Waals surface area contributed by atoms with Crippen molar-refractivity contribution in [3.63, 3.8) is 0 Å². The molecule has 3 rings (SSSR count). The molecule has 5 nitrogen and oxygen atoms in total. The van der Waals surface area contributed by atoms with Crippen molar-refractivity contribution < 1.29 is 18.4 Å². The molecule has 3 aromatic rings. The minimum atomic E-state index is -0.748. The third-order valence-electron chi connectivity index (χ3n) is 3.26. The lowest BCUT2D eigenvalue weighted by Gasteiger charge is -2.02. The van der Waals surface area contributed by atoms with Crippen molar-refractivity contribution in [2.45, 2.75) is 0 Å². The van der Waals surface area contributed by atoms with Crippen molar-refractivity contribution in [1.29, 1.82) is 0 Å². The van der Waals surface area contributed by atoms with Gasteiger partial charge in [-0.25, -0.2) is 14.2 Å². The SMILES string of the molecule is COC(=O)c1ccc(-c2cc(-c3cnc(Cl)c(Cl)c3)on2)cc1F. The second kappa shape index (κ2) is 6.59. The van der Waals surface area contributed by atoms with Crippen LogP contribution in [0.4, 0.5) is 4.39 Å². The van der Waals surface area contributed by atoms with Crippen molar-refractivity contribution in [3.05, 3.63) is 58.1 Å². The molecule has 1 aromatic carbocycles. The van der Waals surface area contributed by atoms with Gasteiger partial charge in [-0.1, -0.05) is 34.4 Å². The lowest BCUT2D eigenvalue weighted by molar-refractivity contribution is 0.0595. The van der Waals surface area contributed by atoms with Crippen LogP contribution in [0.25, 0.3) is 22.6 Å². The van der Waals surface area contributed by atoms with Gasteiger partial charge < -0.3 is 9.26 Å². The molecule has 0 atom stereocenters.